The van der Waals surface area contributed by atoms with Crippen LogP contribution in [0.25, 0.3) is 0 Å². The summed E-state index contributed by atoms with van der Waals surface area (Å²) >= 11 is 0. The normalized spacial score (nSPS) is 27.1. The minimum Gasteiger partial charge on any atom is -0.469 e. The Kier molecular flexibility index (Phi) is 7.58. The molecule has 1 aromatic carbocycles. The van der Waals surface area contributed by atoms with E-state index >= 15 is 0 Å². The van der Waals surface area contributed by atoms with Crippen LogP contribution in [-0.4, -0.2) is 38.7 Å². The van der Waals surface area contributed by atoms with Gasteiger partial charge in [-0.05, 0) is 27.9 Å². The van der Waals surface area contributed by atoms with Gasteiger partial charge in [-0.1, -0.05) is 64.1 Å². The maximum Gasteiger partial charge on any atom is 0.309 e. The van der Waals surface area contributed by atoms with Gasteiger partial charge in [-0.25, -0.2) is 0 Å². The van der Waals surface area contributed by atoms with Gasteiger partial charge in [-0.15, -0.1) is 0 Å². The Balaban J connectivity index is 0.000000262. The Bertz CT molecular complexity index is 852. The molecule has 6 heteroatoms. The van der Waals surface area contributed by atoms with Gasteiger partial charge < -0.3 is 14.3 Å². The van der Waals surface area contributed by atoms with Gasteiger partial charge in [-0.2, -0.15) is 0 Å². The van der Waals surface area contributed by atoms with Gasteiger partial charge >= 0.3 is 11.9 Å². The zero-order valence-electron chi connectivity index (χ0n) is 19.1. The fourth-order valence-electron chi connectivity index (χ4n) is 4.28. The molecule has 2 aliphatic carbocycles. The quantitative estimate of drug-likeness (QED) is 0.376. The van der Waals surface area contributed by atoms with Crippen LogP contribution in [0.15, 0.2) is 42.0 Å². The van der Waals surface area contributed by atoms with Crippen molar-refractivity contribution in [3.8, 4) is 0 Å². The lowest BCUT2D eigenvalue weighted by Crippen LogP contribution is -2.07. The highest BCUT2D eigenvalue weighted by Gasteiger charge is 2.63. The number of benzene rings is 1. The van der Waals surface area contributed by atoms with E-state index in [2.05, 4.69) is 4.74 Å². The largest absolute Gasteiger partial charge is 0.469 e. The van der Waals surface area contributed by atoms with Gasteiger partial charge in [0.1, 0.15) is 12.6 Å². The maximum absolute atomic E-state index is 11.7. The van der Waals surface area contributed by atoms with Gasteiger partial charge in [-0.3, -0.25) is 14.4 Å². The molecular weight excluding hydrogens is 396 g/mol. The second-order valence-corrected chi connectivity index (χ2v) is 9.35. The zero-order chi connectivity index (χ0) is 23.4. The number of carbonyl (C=O) groups excluding carboxylic acids is 4. The van der Waals surface area contributed by atoms with Gasteiger partial charge in [0.25, 0.3) is 0 Å². The number of aldehydes is 2. The molecule has 2 fully saturated rings. The summed E-state index contributed by atoms with van der Waals surface area (Å²) in [5.74, 6) is -0.884. The van der Waals surface area contributed by atoms with Crippen LogP contribution >= 0.6 is 0 Å². The Morgan fingerprint density at radius 3 is 1.77 bits per heavy atom. The molecule has 31 heavy (non-hydrogen) atoms. The fourth-order valence-corrected chi connectivity index (χ4v) is 4.28. The Morgan fingerprint density at radius 2 is 1.35 bits per heavy atom. The molecule has 0 amide bonds. The predicted molar refractivity (Wildman–Crippen MR) is 116 cm³/mol. The monoisotopic (exact) mass is 428 g/mol. The molecule has 168 valence electrons. The minimum absolute atomic E-state index is 0.0823. The molecule has 0 N–H and O–H groups in total. The van der Waals surface area contributed by atoms with Crippen LogP contribution in [0.4, 0.5) is 0 Å². The van der Waals surface area contributed by atoms with Gasteiger partial charge in [0, 0.05) is 12.3 Å². The summed E-state index contributed by atoms with van der Waals surface area (Å²) < 4.78 is 9.36. The highest BCUT2D eigenvalue weighted by molar-refractivity contribution is 5.84. The van der Waals surface area contributed by atoms with Crippen LogP contribution in [0.3, 0.4) is 0 Å². The van der Waals surface area contributed by atoms with Crippen molar-refractivity contribution in [2.24, 2.45) is 34.5 Å². The molecule has 4 atom stereocenters. The SMILES string of the molecule is COC(=O)C1C(/C=C(/C=O)Cc2ccccc2)C1(C)C.COC(=O)C1C(C=O)C1(C)C. The van der Waals surface area contributed by atoms with Crippen LogP contribution in [0.1, 0.15) is 33.3 Å². The average molecular weight is 429 g/mol. The molecule has 4 unspecified atom stereocenters. The molecule has 0 radical (unpaired) electrons. The first-order chi connectivity index (χ1) is 14.6. The number of rotatable bonds is 7. The average Bonchev–Trinajstić information content (AvgIpc) is 3.53. The number of esters is 2. The van der Waals surface area contributed by atoms with E-state index in [4.69, 9.17) is 4.74 Å². The highest BCUT2D eigenvalue weighted by atomic mass is 16.5. The molecule has 1 aromatic rings. The van der Waals surface area contributed by atoms with E-state index in [0.717, 1.165) is 23.7 Å². The summed E-state index contributed by atoms with van der Waals surface area (Å²) in [6, 6.07) is 9.84. The third kappa shape index (κ3) is 5.30. The predicted octanol–water partition coefficient (Wildman–Crippen LogP) is 3.43. The second kappa shape index (κ2) is 9.58. The molecule has 0 bridgehead atoms. The van der Waals surface area contributed by atoms with E-state index in [0.29, 0.717) is 6.42 Å². The molecule has 2 aliphatic rings. The minimum atomic E-state index is -0.271. The van der Waals surface area contributed by atoms with Crippen molar-refractivity contribution in [2.75, 3.05) is 14.2 Å². The van der Waals surface area contributed by atoms with Crippen molar-refractivity contribution in [3.05, 3.63) is 47.5 Å². The summed E-state index contributed by atoms with van der Waals surface area (Å²) in [5.41, 5.74) is 1.51. The molecule has 0 aromatic heterocycles. The highest BCUT2D eigenvalue weighted by Crippen LogP contribution is 2.60. The van der Waals surface area contributed by atoms with Crippen LogP contribution in [-0.2, 0) is 35.1 Å². The van der Waals surface area contributed by atoms with Crippen molar-refractivity contribution in [2.45, 2.75) is 34.1 Å². The van der Waals surface area contributed by atoms with E-state index in [9.17, 15) is 19.2 Å². The maximum atomic E-state index is 11.7. The van der Waals surface area contributed by atoms with Gasteiger partial charge in [0.2, 0.25) is 0 Å². The number of hydrogen-bond acceptors (Lipinski definition) is 6. The Morgan fingerprint density at radius 1 is 0.871 bits per heavy atom. The molecule has 3 rings (SSSR count). The molecule has 0 aliphatic heterocycles. The van der Waals surface area contributed by atoms with Crippen LogP contribution < -0.4 is 0 Å². The third-order valence-electron chi connectivity index (χ3n) is 6.67. The topological polar surface area (TPSA) is 86.7 Å². The lowest BCUT2D eigenvalue weighted by Gasteiger charge is -2.02. The lowest BCUT2D eigenvalue weighted by atomic mass is 10.0. The van der Waals surface area contributed by atoms with Crippen molar-refractivity contribution < 1.29 is 28.7 Å². The van der Waals surface area contributed by atoms with E-state index in [1.807, 2.05) is 64.1 Å². The van der Waals surface area contributed by atoms with E-state index < -0.39 is 0 Å². The molecular formula is C25H32O6. The molecule has 2 saturated carbocycles. The number of methoxy groups -OCH3 is 2. The number of allylic oxidation sites excluding steroid dienone is 2. The fraction of sp³-hybridized carbons (Fsp3) is 0.520. The van der Waals surface area contributed by atoms with Crippen molar-refractivity contribution >= 4 is 24.5 Å². The van der Waals surface area contributed by atoms with Crippen molar-refractivity contribution in [1.29, 1.82) is 0 Å². The van der Waals surface area contributed by atoms with Crippen LogP contribution in [0.5, 0.6) is 0 Å². The lowest BCUT2D eigenvalue weighted by molar-refractivity contribution is -0.144. The first kappa shape index (κ1) is 24.5. The summed E-state index contributed by atoms with van der Waals surface area (Å²) in [4.78, 5) is 44.3. The first-order valence-corrected chi connectivity index (χ1v) is 10.4. The van der Waals surface area contributed by atoms with Crippen LogP contribution in [0, 0.1) is 34.5 Å². The standard InChI is InChI=1S/C17H20O3.C8H12O3/c1-17(2)14(15(17)16(19)20-3)10-13(11-18)9-12-7-5-4-6-8-12;1-8(2)5(4-9)6(8)7(10)11-3/h4-8,10-11,14-15H,9H2,1-3H3;4-6H,1-3H3/b13-10+;. The summed E-state index contributed by atoms with van der Waals surface area (Å²) in [5, 5.41) is 0. The second-order valence-electron chi connectivity index (χ2n) is 9.35. The number of hydrogen-bond donors (Lipinski definition) is 0. The number of ether oxygens (including phenoxy) is 2. The molecule has 0 spiro atoms. The molecule has 0 saturated heterocycles. The Hall–Kier alpha value is -2.76. The summed E-state index contributed by atoms with van der Waals surface area (Å²) in [6.07, 6.45) is 4.25. The van der Waals surface area contributed by atoms with E-state index in [1.54, 1.807) is 0 Å². The summed E-state index contributed by atoms with van der Waals surface area (Å²) in [6.45, 7) is 7.85. The zero-order valence-corrected chi connectivity index (χ0v) is 19.1. The smallest absolute Gasteiger partial charge is 0.309 e. The van der Waals surface area contributed by atoms with E-state index in [-0.39, 0.29) is 46.4 Å². The van der Waals surface area contributed by atoms with Crippen LogP contribution in [0.2, 0.25) is 0 Å². The third-order valence-corrected chi connectivity index (χ3v) is 6.67. The van der Waals surface area contributed by atoms with Gasteiger partial charge in [0.05, 0.1) is 26.1 Å². The van der Waals surface area contributed by atoms with Gasteiger partial charge in [0.15, 0.2) is 0 Å². The Labute approximate surface area is 184 Å². The van der Waals surface area contributed by atoms with Crippen molar-refractivity contribution in [3.63, 3.8) is 0 Å². The summed E-state index contributed by atoms with van der Waals surface area (Å²) in [7, 11) is 2.75. The molecule has 6 nitrogen and oxygen atoms in total. The molecule has 0 heterocycles. The number of carbonyl (C=O) groups is 4. The first-order valence-electron chi connectivity index (χ1n) is 10.4. The van der Waals surface area contributed by atoms with Crippen molar-refractivity contribution in [1.82, 2.24) is 0 Å². The van der Waals surface area contributed by atoms with E-state index in [1.165, 1.54) is 14.2 Å².